The maximum atomic E-state index is 14.4. The Kier molecular flexibility index (Phi) is 7.14. The average Bonchev–Trinajstić information content (AvgIpc) is 3.47. The summed E-state index contributed by atoms with van der Waals surface area (Å²) in [5.74, 6) is -1.27. The van der Waals surface area contributed by atoms with E-state index >= 15 is 0 Å². The van der Waals surface area contributed by atoms with Gasteiger partial charge in [0, 0.05) is 0 Å². The van der Waals surface area contributed by atoms with Crippen molar-refractivity contribution in [3.8, 4) is 5.75 Å². The molecule has 5 aliphatic rings. The van der Waals surface area contributed by atoms with E-state index in [1.807, 2.05) is 19.0 Å². The van der Waals surface area contributed by atoms with E-state index in [4.69, 9.17) is 13.2 Å². The van der Waals surface area contributed by atoms with Crippen molar-refractivity contribution < 1.29 is 24.9 Å². The number of carbonyl (C=O) groups excluding carboxylic acids is 2. The van der Waals surface area contributed by atoms with Gasteiger partial charge in [0.05, 0.1) is 0 Å². The Bertz CT molecular complexity index is 1460. The van der Waals surface area contributed by atoms with Crippen LogP contribution in [0.3, 0.4) is 0 Å². The number of phenols is 1. The van der Waals surface area contributed by atoms with Gasteiger partial charge in [0.25, 0.3) is 0 Å². The molecule has 223 valence electrons. The second kappa shape index (κ2) is 10.2. The predicted molar refractivity (Wildman–Crippen MR) is 168 cm³/mol. The summed E-state index contributed by atoms with van der Waals surface area (Å²) in [5.41, 5.74) is 8.51. The molecule has 1 heterocycles. The van der Waals surface area contributed by atoms with Crippen LogP contribution in [0.1, 0.15) is 42.4 Å². The van der Waals surface area contributed by atoms with E-state index in [9.17, 15) is 24.9 Å². The number of ketones is 1. The number of amides is 1. The first-order chi connectivity index (χ1) is 19.8. The Balaban J connectivity index is 1.45. The van der Waals surface area contributed by atoms with Gasteiger partial charge in [-0.2, -0.15) is 0 Å². The number of aliphatic hydroxyl groups is 2. The van der Waals surface area contributed by atoms with Gasteiger partial charge in [0.15, 0.2) is 0 Å². The number of nitrogens with two attached hydrogens (primary N) is 1. The van der Waals surface area contributed by atoms with E-state index < -0.39 is 28.8 Å². The molecule has 1 radical (unpaired) electrons. The molecule has 1 saturated heterocycles. The number of benzene rings is 1. The molecular weight excluding hydrogens is 550 g/mol. The van der Waals surface area contributed by atoms with Crippen LogP contribution in [-0.4, -0.2) is 102 Å². The Morgan fingerprint density at radius 3 is 2.38 bits per heavy atom. The fourth-order valence-electron chi connectivity index (χ4n) is 8.92. The van der Waals surface area contributed by atoms with Crippen LogP contribution < -0.4 is 10.6 Å². The number of likely N-dealkylation sites (tertiary alicyclic amines) is 1. The van der Waals surface area contributed by atoms with Crippen LogP contribution in [0.25, 0.3) is 5.76 Å². The molecular formula is C31H41BN4O5P. The molecule has 42 heavy (non-hydrogen) atoms. The average molecular weight is 591 g/mol. The molecule has 7 atom stereocenters. The number of primary amides is 1. The van der Waals surface area contributed by atoms with E-state index in [0.717, 1.165) is 41.7 Å². The number of aromatic hydroxyl groups is 1. The number of hydrogen-bond donors (Lipinski definition) is 4. The Hall–Kier alpha value is -2.68. The van der Waals surface area contributed by atoms with Gasteiger partial charge >= 0.3 is 220 Å². The van der Waals surface area contributed by atoms with Crippen LogP contribution in [0.15, 0.2) is 23.0 Å². The maximum absolute atomic E-state index is 14.4. The number of phenolic OH excluding ortho intramolecular Hbond substituents is 1. The van der Waals surface area contributed by atoms with Crippen LogP contribution in [0, 0.1) is 23.7 Å². The first-order valence-electron chi connectivity index (χ1n) is 14.8. The summed E-state index contributed by atoms with van der Waals surface area (Å²) in [7, 11) is 16.5. The number of likely N-dealkylation sites (N-methyl/N-ethyl adjacent to an activating group) is 1. The number of rotatable bonds is 5. The molecule has 6 rings (SSSR count). The second-order valence-electron chi connectivity index (χ2n) is 13.4. The summed E-state index contributed by atoms with van der Waals surface area (Å²) >= 11 is 0. The van der Waals surface area contributed by atoms with Crippen molar-refractivity contribution in [1.29, 1.82) is 0 Å². The number of Topliss-reactive ketones (excluding diaryl/α,β-unsaturated/α-hetero) is 1. The van der Waals surface area contributed by atoms with Crippen LogP contribution in [0.5, 0.6) is 5.75 Å². The number of nitrogens with zero attached hydrogens (tertiary/aromatic N) is 3. The zero-order valence-corrected chi connectivity index (χ0v) is 26.0. The van der Waals surface area contributed by atoms with Crippen molar-refractivity contribution in [3.63, 3.8) is 0 Å². The summed E-state index contributed by atoms with van der Waals surface area (Å²) < 4.78 is 0. The number of fused-ring (bicyclic) bond motifs is 4. The third kappa shape index (κ3) is 4.12. The zero-order valence-electron chi connectivity index (χ0n) is 24.9. The van der Waals surface area contributed by atoms with Crippen molar-refractivity contribution in [1.82, 2.24) is 9.80 Å². The van der Waals surface area contributed by atoms with Crippen molar-refractivity contribution in [2.75, 3.05) is 46.2 Å². The Morgan fingerprint density at radius 1 is 1.17 bits per heavy atom. The molecule has 3 unspecified atom stereocenters. The standard InChI is InChI=1S/C31H41BN4O5P/c1-34(2)24-17(13-36-11-14-6-5-7-15(14)12-36)10-20(37)22-18(24)8-16-9-19-25(35(3)4)27(39)23(30(33)41)28(32)31(19,42)29(40)21(16)26(22)38/h10,14-16,19,25,37-39H,5-9,11-13,42H2,1-4H3,(H2,33,41)/t14?,15?,16-,19-,25-,31+/m0/s1. The molecule has 3 fully saturated rings. The van der Waals surface area contributed by atoms with Gasteiger partial charge in [-0.15, -0.1) is 0 Å². The van der Waals surface area contributed by atoms with Crippen molar-refractivity contribution in [2.45, 2.75) is 49.8 Å². The molecule has 0 spiro atoms. The number of allylic oxidation sites excluding steroid dienone is 1. The van der Waals surface area contributed by atoms with E-state index in [-0.39, 0.29) is 45.4 Å². The fraction of sp³-hybridized carbons (Fsp3) is 0.581. The third-order valence-corrected chi connectivity index (χ3v) is 11.6. The van der Waals surface area contributed by atoms with Gasteiger partial charge in [0.1, 0.15) is 0 Å². The van der Waals surface area contributed by atoms with Gasteiger partial charge in [-0.1, -0.05) is 6.42 Å². The first-order valence-corrected chi connectivity index (χ1v) is 15.4. The molecule has 9 nitrogen and oxygen atoms in total. The summed E-state index contributed by atoms with van der Waals surface area (Å²) in [5, 5.41) is 32.8. The van der Waals surface area contributed by atoms with Crippen LogP contribution in [0.4, 0.5) is 5.69 Å². The minimum atomic E-state index is -1.46. The molecule has 4 aliphatic carbocycles. The van der Waals surface area contributed by atoms with Crippen LogP contribution >= 0.6 is 9.24 Å². The van der Waals surface area contributed by atoms with Gasteiger partial charge in [-0.3, -0.25) is 0 Å². The Labute approximate surface area is 250 Å². The molecule has 2 saturated carbocycles. The predicted octanol–water partition coefficient (Wildman–Crippen LogP) is 1.92. The van der Waals surface area contributed by atoms with Gasteiger partial charge in [-0.25, -0.2) is 0 Å². The monoisotopic (exact) mass is 591 g/mol. The fourth-order valence-corrected chi connectivity index (χ4v) is 9.53. The molecule has 0 aromatic heterocycles. The van der Waals surface area contributed by atoms with Crippen LogP contribution in [0.2, 0.25) is 0 Å². The van der Waals surface area contributed by atoms with Crippen molar-refractivity contribution in [3.05, 3.63) is 39.7 Å². The van der Waals surface area contributed by atoms with Crippen molar-refractivity contribution >= 4 is 45.3 Å². The topological polar surface area (TPSA) is 131 Å². The SMILES string of the molecule is [B]=C1C(C(N)=O)=C(O)[C@@H](N(C)C)[C@@H]2C[C@@H]3Cc4c(c(O)cc(CN5CC6CCCC6C5)c4N(C)C)C(O)=C3C(=O)[C@]12P. The second-order valence-corrected chi connectivity index (χ2v) is 14.4. The minimum absolute atomic E-state index is 0.0525. The summed E-state index contributed by atoms with van der Waals surface area (Å²) in [6, 6.07) is 1.05. The van der Waals surface area contributed by atoms with Gasteiger partial charge < -0.3 is 0 Å². The molecule has 11 heteroatoms. The van der Waals surface area contributed by atoms with Crippen molar-refractivity contribution in [2.24, 2.45) is 29.4 Å². The van der Waals surface area contributed by atoms with E-state index in [1.165, 1.54) is 19.3 Å². The van der Waals surface area contributed by atoms with E-state index in [2.05, 4.69) is 14.1 Å². The van der Waals surface area contributed by atoms with Gasteiger partial charge in [0.2, 0.25) is 0 Å². The van der Waals surface area contributed by atoms with Crippen LogP contribution in [-0.2, 0) is 22.6 Å². The number of aliphatic hydroxyl groups excluding tert-OH is 2. The summed E-state index contributed by atoms with van der Waals surface area (Å²) in [6.45, 7) is 2.84. The third-order valence-electron chi connectivity index (χ3n) is 10.6. The Morgan fingerprint density at radius 2 is 1.81 bits per heavy atom. The molecule has 0 bridgehead atoms. The molecule has 1 aromatic carbocycles. The summed E-state index contributed by atoms with van der Waals surface area (Å²) in [6.07, 6.45) is 4.74. The number of hydrogen-bond acceptors (Lipinski definition) is 8. The summed E-state index contributed by atoms with van der Waals surface area (Å²) in [4.78, 5) is 33.1. The number of carbonyl (C=O) groups is 2. The zero-order chi connectivity index (χ0) is 30.4. The molecule has 1 aliphatic heterocycles. The van der Waals surface area contributed by atoms with E-state index in [1.54, 1.807) is 25.1 Å². The quantitative estimate of drug-likeness (QED) is 0.302. The first kappa shape index (κ1) is 29.4. The normalized spacial score (nSPS) is 32.6. The molecule has 5 N–H and O–H groups in total. The van der Waals surface area contributed by atoms with Gasteiger partial charge in [-0.05, 0) is 24.7 Å². The van der Waals surface area contributed by atoms with E-state index in [0.29, 0.717) is 19.4 Å². The molecule has 1 aromatic rings. The molecule has 1 amide bonds. The number of anilines is 1.